The van der Waals surface area contributed by atoms with Gasteiger partial charge in [-0.15, -0.1) is 0 Å². The molecule has 0 spiro atoms. The van der Waals surface area contributed by atoms with E-state index in [2.05, 4.69) is 20.3 Å². The van der Waals surface area contributed by atoms with Crippen LogP contribution in [0.3, 0.4) is 0 Å². The number of aromatic nitrogens is 3. The predicted molar refractivity (Wildman–Crippen MR) is 111 cm³/mol. The van der Waals surface area contributed by atoms with Gasteiger partial charge in [-0.3, -0.25) is 4.79 Å². The maximum Gasteiger partial charge on any atom is 0.348 e. The van der Waals surface area contributed by atoms with Crippen LogP contribution in [-0.2, 0) is 16.0 Å². The number of carboxylic acids is 1. The molecule has 1 atom stereocenters. The first-order valence-electron chi connectivity index (χ1n) is 9.96. The number of carbonyl (C=O) groups excluding carboxylic acids is 1. The average molecular weight is 423 g/mol. The van der Waals surface area contributed by atoms with Crippen LogP contribution in [0, 0.1) is 0 Å². The van der Waals surface area contributed by atoms with Crippen molar-refractivity contribution in [3.05, 3.63) is 47.9 Å². The van der Waals surface area contributed by atoms with Crippen molar-refractivity contribution < 1.29 is 24.2 Å². The number of hydrogen-bond donors (Lipinski definition) is 2. The normalized spacial score (nSPS) is 20.4. The molecule has 0 unspecified atom stereocenters. The van der Waals surface area contributed by atoms with Crippen LogP contribution in [0.4, 0.5) is 11.4 Å². The molecule has 2 aliphatic heterocycles. The van der Waals surface area contributed by atoms with E-state index in [1.165, 1.54) is 10.7 Å². The van der Waals surface area contributed by atoms with E-state index in [1.54, 1.807) is 37.5 Å². The first-order chi connectivity index (χ1) is 14.9. The molecular formula is C21H21N5O5. The third kappa shape index (κ3) is 3.34. The molecule has 10 heteroatoms. The largest absolute Gasteiger partial charge is 0.478 e. The molecule has 31 heavy (non-hydrogen) atoms. The maximum absolute atomic E-state index is 13.1. The molecule has 3 aromatic rings. The molecule has 2 N–H and O–H groups in total. The first kappa shape index (κ1) is 19.3. The number of morpholine rings is 1. The number of anilines is 2. The van der Waals surface area contributed by atoms with Crippen molar-refractivity contribution in [2.75, 3.05) is 36.5 Å². The lowest BCUT2D eigenvalue weighted by Crippen LogP contribution is -2.39. The van der Waals surface area contributed by atoms with Gasteiger partial charge < -0.3 is 24.8 Å². The van der Waals surface area contributed by atoms with Gasteiger partial charge in [0.15, 0.2) is 5.65 Å². The lowest BCUT2D eigenvalue weighted by atomic mass is 9.99. The predicted octanol–water partition coefficient (Wildman–Crippen LogP) is 1.60. The maximum atomic E-state index is 13.1. The van der Waals surface area contributed by atoms with Crippen molar-refractivity contribution in [2.45, 2.75) is 18.9 Å². The monoisotopic (exact) mass is 423 g/mol. The van der Waals surface area contributed by atoms with E-state index in [-0.39, 0.29) is 12.3 Å². The fraction of sp³-hybridized carbons (Fsp3) is 0.333. The Kier molecular flexibility index (Phi) is 4.51. The van der Waals surface area contributed by atoms with Crippen molar-refractivity contribution in [1.82, 2.24) is 14.6 Å². The van der Waals surface area contributed by atoms with E-state index >= 15 is 0 Å². The Bertz CT molecular complexity index is 1190. The summed E-state index contributed by atoms with van der Waals surface area (Å²) < 4.78 is 12.8. The number of rotatable bonds is 4. The SMILES string of the molecule is C[C@]1(C(=O)O)Cc2cc(NC(=O)c3cnn4cccnc34)c(N3CCOCC3)cc2O1. The van der Waals surface area contributed by atoms with E-state index in [0.29, 0.717) is 49.0 Å². The fourth-order valence-electron chi connectivity index (χ4n) is 3.95. The number of fused-ring (bicyclic) bond motifs is 2. The van der Waals surface area contributed by atoms with Crippen LogP contribution in [-0.4, -0.2) is 63.5 Å². The zero-order chi connectivity index (χ0) is 21.6. The van der Waals surface area contributed by atoms with Crippen LogP contribution in [0.1, 0.15) is 22.8 Å². The summed E-state index contributed by atoms with van der Waals surface area (Å²) in [7, 11) is 0. The topological polar surface area (TPSA) is 118 Å². The van der Waals surface area contributed by atoms with E-state index < -0.39 is 11.6 Å². The van der Waals surface area contributed by atoms with E-state index in [1.807, 2.05) is 0 Å². The quantitative estimate of drug-likeness (QED) is 0.650. The minimum Gasteiger partial charge on any atom is -0.478 e. The smallest absolute Gasteiger partial charge is 0.348 e. The van der Waals surface area contributed by atoms with E-state index in [9.17, 15) is 14.7 Å². The lowest BCUT2D eigenvalue weighted by molar-refractivity contribution is -0.152. The number of carbonyl (C=O) groups is 2. The van der Waals surface area contributed by atoms with Gasteiger partial charge in [0, 0.05) is 43.5 Å². The van der Waals surface area contributed by atoms with Gasteiger partial charge in [0.1, 0.15) is 11.3 Å². The highest BCUT2D eigenvalue weighted by Crippen LogP contribution is 2.42. The molecule has 10 nitrogen and oxygen atoms in total. The van der Waals surface area contributed by atoms with Crippen LogP contribution < -0.4 is 15.0 Å². The van der Waals surface area contributed by atoms with Gasteiger partial charge in [0.25, 0.3) is 5.91 Å². The molecule has 0 aliphatic carbocycles. The molecule has 1 aromatic carbocycles. The summed E-state index contributed by atoms with van der Waals surface area (Å²) in [4.78, 5) is 31.1. The van der Waals surface area contributed by atoms with Gasteiger partial charge in [-0.05, 0) is 19.1 Å². The summed E-state index contributed by atoms with van der Waals surface area (Å²) in [6.07, 6.45) is 5.01. The van der Waals surface area contributed by atoms with Gasteiger partial charge >= 0.3 is 5.97 Å². The molecule has 4 heterocycles. The number of aliphatic carboxylic acids is 1. The van der Waals surface area contributed by atoms with Crippen molar-refractivity contribution in [2.24, 2.45) is 0 Å². The first-order valence-corrected chi connectivity index (χ1v) is 9.96. The molecule has 1 saturated heterocycles. The molecule has 0 saturated carbocycles. The van der Waals surface area contributed by atoms with Crippen molar-refractivity contribution in [1.29, 1.82) is 0 Å². The number of nitrogens with zero attached hydrogens (tertiary/aromatic N) is 4. The second-order valence-electron chi connectivity index (χ2n) is 7.79. The standard InChI is InChI=1S/C21H21N5O5/c1-21(20(28)29)11-13-9-15(16(10-17(13)31-21)25-5-7-30-8-6-25)24-19(27)14-12-23-26-4-2-3-22-18(14)26/h2-4,9-10,12H,5-8,11H2,1H3,(H,24,27)(H,28,29)/t21-/m1/s1. The Labute approximate surface area is 177 Å². The zero-order valence-corrected chi connectivity index (χ0v) is 16.9. The van der Waals surface area contributed by atoms with Gasteiger partial charge in [-0.25, -0.2) is 14.3 Å². The minimum atomic E-state index is -1.33. The summed E-state index contributed by atoms with van der Waals surface area (Å²) in [6.45, 7) is 3.98. The Morgan fingerprint density at radius 2 is 2.06 bits per heavy atom. The molecule has 5 rings (SSSR count). The Morgan fingerprint density at radius 3 is 2.84 bits per heavy atom. The van der Waals surface area contributed by atoms with E-state index in [4.69, 9.17) is 9.47 Å². The summed E-state index contributed by atoms with van der Waals surface area (Å²) in [5, 5.41) is 16.7. The van der Waals surface area contributed by atoms with Crippen molar-refractivity contribution in [3.63, 3.8) is 0 Å². The van der Waals surface area contributed by atoms with Gasteiger partial charge in [0.2, 0.25) is 5.60 Å². The number of benzene rings is 1. The van der Waals surface area contributed by atoms with Crippen LogP contribution in [0.25, 0.3) is 5.65 Å². The zero-order valence-electron chi connectivity index (χ0n) is 16.9. The summed E-state index contributed by atoms with van der Waals surface area (Å²) >= 11 is 0. The van der Waals surface area contributed by atoms with Crippen LogP contribution in [0.15, 0.2) is 36.8 Å². The summed E-state index contributed by atoms with van der Waals surface area (Å²) in [6, 6.07) is 5.34. The van der Waals surface area contributed by atoms with Crippen LogP contribution >= 0.6 is 0 Å². The number of nitrogens with one attached hydrogen (secondary N) is 1. The molecule has 1 amide bonds. The molecule has 1 fully saturated rings. The highest BCUT2D eigenvalue weighted by Gasteiger charge is 2.42. The fourth-order valence-corrected chi connectivity index (χ4v) is 3.95. The summed E-state index contributed by atoms with van der Waals surface area (Å²) in [5.74, 6) is -0.857. The number of carboxylic acid groups (broad SMARTS) is 1. The highest BCUT2D eigenvalue weighted by atomic mass is 16.5. The van der Waals surface area contributed by atoms with Gasteiger partial charge in [-0.2, -0.15) is 5.10 Å². The number of hydrogen-bond acceptors (Lipinski definition) is 7. The molecule has 0 radical (unpaired) electrons. The van der Waals surface area contributed by atoms with Crippen LogP contribution in [0.2, 0.25) is 0 Å². The van der Waals surface area contributed by atoms with Crippen molar-refractivity contribution >= 4 is 28.9 Å². The van der Waals surface area contributed by atoms with Gasteiger partial charge in [-0.1, -0.05) is 0 Å². The van der Waals surface area contributed by atoms with Crippen LogP contribution in [0.5, 0.6) is 5.75 Å². The second-order valence-corrected chi connectivity index (χ2v) is 7.79. The molecule has 2 aliphatic rings. The highest BCUT2D eigenvalue weighted by molar-refractivity contribution is 6.09. The molecule has 2 aromatic heterocycles. The number of amides is 1. The molecule has 0 bridgehead atoms. The molecule has 160 valence electrons. The Balaban J connectivity index is 1.52. The Hall–Kier alpha value is -3.66. The van der Waals surface area contributed by atoms with Crippen molar-refractivity contribution in [3.8, 4) is 5.75 Å². The average Bonchev–Trinajstić information content (AvgIpc) is 3.34. The van der Waals surface area contributed by atoms with Gasteiger partial charge in [0.05, 0.1) is 30.8 Å². The molecular weight excluding hydrogens is 402 g/mol. The summed E-state index contributed by atoms with van der Waals surface area (Å²) in [5.41, 5.74) is 1.54. The number of ether oxygens (including phenoxy) is 2. The Morgan fingerprint density at radius 1 is 1.26 bits per heavy atom. The minimum absolute atomic E-state index is 0.211. The lowest BCUT2D eigenvalue weighted by Gasteiger charge is -2.31. The third-order valence-corrected chi connectivity index (χ3v) is 5.62. The second kappa shape index (κ2) is 7.24. The van der Waals surface area contributed by atoms with E-state index in [0.717, 1.165) is 11.3 Å². The third-order valence-electron chi connectivity index (χ3n) is 5.62.